The molecule has 0 aromatic carbocycles. The fourth-order valence-corrected chi connectivity index (χ4v) is 1.20. The van der Waals surface area contributed by atoms with E-state index in [1.165, 1.54) is 0 Å². The van der Waals surface area contributed by atoms with E-state index in [-0.39, 0.29) is 5.91 Å². The first-order valence-corrected chi connectivity index (χ1v) is 3.38. The Morgan fingerprint density at radius 3 is 2.33 bits per heavy atom. The first-order chi connectivity index (χ1) is 4.13. The maximum atomic E-state index is 10.9. The summed E-state index contributed by atoms with van der Waals surface area (Å²) in [7, 11) is 1.87. The average Bonchev–Trinajstić information content (AvgIpc) is 1.98. The number of rotatable bonds is 0. The van der Waals surface area contributed by atoms with Gasteiger partial charge in [-0.3, -0.25) is 4.79 Å². The molecule has 0 bridgehead atoms. The van der Waals surface area contributed by atoms with Crippen LogP contribution in [0.2, 0.25) is 0 Å². The molecule has 2 unspecified atom stereocenters. The second kappa shape index (κ2) is 2.05. The number of carbonyl (C=O) groups excluding carboxylic acids is 1. The third kappa shape index (κ3) is 0.957. The van der Waals surface area contributed by atoms with E-state index in [9.17, 15) is 4.79 Å². The summed E-state index contributed by atoms with van der Waals surface area (Å²) < 4.78 is 0. The fraction of sp³-hybridized carbons (Fsp3) is 0.833. The summed E-state index contributed by atoms with van der Waals surface area (Å²) in [4.78, 5) is 12.7. The normalized spacial score (nSPS) is 35.8. The number of hydrogen-bond donors (Lipinski definition) is 0. The predicted molar refractivity (Wildman–Crippen MR) is 38.6 cm³/mol. The fourth-order valence-electron chi connectivity index (χ4n) is 1.20. The summed E-state index contributed by atoms with van der Waals surface area (Å²) in [5, 5.41) is 0. The van der Waals surface area contributed by atoms with Crippen LogP contribution in [0, 0.1) is 5.92 Å². The Kier molecular flexibility index (Phi) is 1.51. The molecule has 1 aliphatic rings. The Hall–Kier alpha value is -0.465. The number of hydrogen-bond acceptors (Lipinski definition) is 1. The van der Waals surface area contributed by atoms with Gasteiger partial charge in [-0.15, -0.1) is 0 Å². The van der Waals surface area contributed by atoms with Crippen LogP contribution in [0.4, 0.5) is 0 Å². The molecule has 0 saturated carbocycles. The molecule has 1 amide bonds. The van der Waals surface area contributed by atoms with Gasteiger partial charge in [0.25, 0.3) is 0 Å². The lowest BCUT2D eigenvalue weighted by molar-refractivity contribution is -0.124. The smallest absolute Gasteiger partial charge is 0.221 e. The molecule has 0 radical (unpaired) electrons. The zero-order valence-corrected chi connectivity index (χ0v) is 6.22. The third-order valence-electron chi connectivity index (χ3n) is 2.32. The SMILES string of the molecule is BN1C(=O)CC(C)C1C. The summed E-state index contributed by atoms with van der Waals surface area (Å²) in [5.74, 6) is 0.831. The van der Waals surface area contributed by atoms with Crippen molar-refractivity contribution in [3.05, 3.63) is 0 Å². The highest BCUT2D eigenvalue weighted by Crippen LogP contribution is 2.21. The zero-order chi connectivity index (χ0) is 7.02. The Morgan fingerprint density at radius 1 is 1.67 bits per heavy atom. The second-order valence-electron chi connectivity index (χ2n) is 2.93. The first kappa shape index (κ1) is 6.65. The molecule has 0 N–H and O–H groups in total. The van der Waals surface area contributed by atoms with Gasteiger partial charge in [-0.25, -0.2) is 0 Å². The van der Waals surface area contributed by atoms with Crippen molar-refractivity contribution in [2.75, 3.05) is 0 Å². The summed E-state index contributed by atoms with van der Waals surface area (Å²) in [5.41, 5.74) is 0. The van der Waals surface area contributed by atoms with E-state index in [4.69, 9.17) is 0 Å². The minimum absolute atomic E-state index is 0.287. The van der Waals surface area contributed by atoms with E-state index in [0.717, 1.165) is 6.42 Å². The van der Waals surface area contributed by atoms with Gasteiger partial charge in [-0.2, -0.15) is 0 Å². The van der Waals surface area contributed by atoms with E-state index in [0.29, 0.717) is 12.0 Å². The van der Waals surface area contributed by atoms with Gasteiger partial charge >= 0.3 is 0 Å². The van der Waals surface area contributed by atoms with Crippen molar-refractivity contribution in [1.29, 1.82) is 0 Å². The van der Waals surface area contributed by atoms with Crippen LogP contribution in [0.1, 0.15) is 20.3 Å². The summed E-state index contributed by atoms with van der Waals surface area (Å²) in [6, 6.07) is 0.442. The predicted octanol–water partition coefficient (Wildman–Crippen LogP) is -0.209. The van der Waals surface area contributed by atoms with E-state index >= 15 is 0 Å². The summed E-state index contributed by atoms with van der Waals surface area (Å²) >= 11 is 0. The van der Waals surface area contributed by atoms with Crippen LogP contribution in [0.15, 0.2) is 0 Å². The third-order valence-corrected chi connectivity index (χ3v) is 2.32. The lowest BCUT2D eigenvalue weighted by Gasteiger charge is -2.17. The van der Waals surface area contributed by atoms with E-state index in [1.807, 2.05) is 12.8 Å². The number of carbonyl (C=O) groups is 1. The van der Waals surface area contributed by atoms with Crippen LogP contribution in [0.3, 0.4) is 0 Å². The lowest BCUT2D eigenvalue weighted by atomic mass is 10.0. The highest BCUT2D eigenvalue weighted by Gasteiger charge is 2.29. The maximum absolute atomic E-state index is 10.9. The molecule has 3 heteroatoms. The van der Waals surface area contributed by atoms with Crippen molar-refractivity contribution in [1.82, 2.24) is 4.81 Å². The molecule has 50 valence electrons. The highest BCUT2D eigenvalue weighted by atomic mass is 16.2. The maximum Gasteiger partial charge on any atom is 0.221 e. The standard InChI is InChI=1S/C6H12BNO/c1-4-3-6(9)8(7)5(4)2/h4-5H,3,7H2,1-2H3. The Bertz CT molecular complexity index is 137. The van der Waals surface area contributed by atoms with Gasteiger partial charge in [0.2, 0.25) is 13.9 Å². The molecule has 0 aromatic rings. The largest absolute Gasteiger partial charge is 0.391 e. The minimum atomic E-state index is 0.287. The zero-order valence-electron chi connectivity index (χ0n) is 6.22. The summed E-state index contributed by atoms with van der Waals surface area (Å²) in [6.07, 6.45) is 0.734. The van der Waals surface area contributed by atoms with Crippen LogP contribution in [-0.2, 0) is 4.79 Å². The van der Waals surface area contributed by atoms with Crippen LogP contribution in [-0.4, -0.2) is 24.7 Å². The van der Waals surface area contributed by atoms with Crippen LogP contribution in [0.25, 0.3) is 0 Å². The number of amides is 1. The van der Waals surface area contributed by atoms with Crippen molar-refractivity contribution < 1.29 is 4.79 Å². The van der Waals surface area contributed by atoms with Crippen molar-refractivity contribution >= 4 is 13.9 Å². The van der Waals surface area contributed by atoms with Gasteiger partial charge in [-0.1, -0.05) is 6.92 Å². The van der Waals surface area contributed by atoms with E-state index < -0.39 is 0 Å². The topological polar surface area (TPSA) is 20.3 Å². The van der Waals surface area contributed by atoms with Crippen LogP contribution < -0.4 is 0 Å². The van der Waals surface area contributed by atoms with Crippen LogP contribution >= 0.6 is 0 Å². The van der Waals surface area contributed by atoms with Crippen molar-refractivity contribution in [2.45, 2.75) is 26.3 Å². The molecule has 9 heavy (non-hydrogen) atoms. The van der Waals surface area contributed by atoms with Gasteiger partial charge in [-0.05, 0) is 12.8 Å². The molecular formula is C6H12BNO. The molecule has 0 aliphatic carbocycles. The second-order valence-corrected chi connectivity index (χ2v) is 2.93. The number of nitrogens with zero attached hydrogens (tertiary/aromatic N) is 1. The minimum Gasteiger partial charge on any atom is -0.391 e. The average molecular weight is 125 g/mol. The molecule has 1 rings (SSSR count). The van der Waals surface area contributed by atoms with Crippen molar-refractivity contribution in [3.8, 4) is 0 Å². The Labute approximate surface area is 56.7 Å². The van der Waals surface area contributed by atoms with Crippen molar-refractivity contribution in [2.24, 2.45) is 5.92 Å². The van der Waals surface area contributed by atoms with E-state index in [2.05, 4.69) is 13.8 Å². The van der Waals surface area contributed by atoms with E-state index in [1.54, 1.807) is 0 Å². The molecular weight excluding hydrogens is 113 g/mol. The molecule has 0 spiro atoms. The highest BCUT2D eigenvalue weighted by molar-refractivity contribution is 6.15. The molecule has 2 nitrogen and oxygen atoms in total. The molecule has 1 saturated heterocycles. The van der Waals surface area contributed by atoms with Gasteiger partial charge < -0.3 is 4.81 Å². The summed E-state index contributed by atoms with van der Waals surface area (Å²) in [6.45, 7) is 4.21. The monoisotopic (exact) mass is 125 g/mol. The van der Waals surface area contributed by atoms with Gasteiger partial charge in [0.1, 0.15) is 0 Å². The molecule has 0 aromatic heterocycles. The Balaban J connectivity index is 2.65. The van der Waals surface area contributed by atoms with Crippen LogP contribution in [0.5, 0.6) is 0 Å². The molecule has 1 heterocycles. The van der Waals surface area contributed by atoms with Gasteiger partial charge in [0, 0.05) is 12.5 Å². The lowest BCUT2D eigenvalue weighted by Crippen LogP contribution is -2.29. The Morgan fingerprint density at radius 2 is 2.22 bits per heavy atom. The molecule has 1 fully saturated rings. The molecule has 1 aliphatic heterocycles. The quantitative estimate of drug-likeness (QED) is 0.410. The first-order valence-electron chi connectivity index (χ1n) is 3.38. The molecule has 2 atom stereocenters. The van der Waals surface area contributed by atoms with Crippen molar-refractivity contribution in [3.63, 3.8) is 0 Å². The van der Waals surface area contributed by atoms with Gasteiger partial charge in [0.15, 0.2) is 0 Å². The van der Waals surface area contributed by atoms with Gasteiger partial charge in [0.05, 0.1) is 0 Å².